The second kappa shape index (κ2) is 11.7. The first kappa shape index (κ1) is 23.1. The smallest absolute Gasteiger partial charge is 0.305 e. The molecule has 5 nitrogen and oxygen atoms in total. The Morgan fingerprint density at radius 2 is 1.50 bits per heavy atom. The van der Waals surface area contributed by atoms with Gasteiger partial charge < -0.3 is 14.6 Å². The molecular weight excluding hydrogens is 404 g/mol. The third-order valence-electron chi connectivity index (χ3n) is 5.24. The van der Waals surface area contributed by atoms with Gasteiger partial charge in [-0.2, -0.15) is 0 Å². The van der Waals surface area contributed by atoms with Crippen molar-refractivity contribution in [3.63, 3.8) is 0 Å². The van der Waals surface area contributed by atoms with Crippen LogP contribution < -0.4 is 4.74 Å². The van der Waals surface area contributed by atoms with Gasteiger partial charge in [-0.15, -0.1) is 0 Å². The summed E-state index contributed by atoms with van der Waals surface area (Å²) in [4.78, 5) is 23.9. The van der Waals surface area contributed by atoms with Gasteiger partial charge in [-0.1, -0.05) is 67.4 Å². The highest BCUT2D eigenvalue weighted by molar-refractivity contribution is 6.10. The molecule has 0 fully saturated rings. The molecule has 1 N–H and O–H groups in total. The molecule has 0 atom stereocenters. The lowest BCUT2D eigenvalue weighted by atomic mass is 9.99. The molecule has 0 saturated heterocycles. The predicted octanol–water partition coefficient (Wildman–Crippen LogP) is 5.79. The summed E-state index contributed by atoms with van der Waals surface area (Å²) >= 11 is 0. The molecular formula is C27H28O5. The summed E-state index contributed by atoms with van der Waals surface area (Å²) in [5.41, 5.74) is 2.87. The Kier molecular flexibility index (Phi) is 8.44. The number of ketones is 1. The van der Waals surface area contributed by atoms with E-state index in [-0.39, 0.29) is 23.1 Å². The largest absolute Gasteiger partial charge is 0.507 e. The Labute approximate surface area is 188 Å². The predicted molar refractivity (Wildman–Crippen MR) is 124 cm³/mol. The highest BCUT2D eigenvalue weighted by Gasteiger charge is 2.14. The number of carbonyl (C=O) groups excluding carboxylic acids is 2. The van der Waals surface area contributed by atoms with Crippen molar-refractivity contribution in [2.24, 2.45) is 0 Å². The highest BCUT2D eigenvalue weighted by Crippen LogP contribution is 2.27. The van der Waals surface area contributed by atoms with E-state index in [9.17, 15) is 14.7 Å². The van der Waals surface area contributed by atoms with Gasteiger partial charge in [0.25, 0.3) is 0 Å². The van der Waals surface area contributed by atoms with Crippen molar-refractivity contribution in [1.29, 1.82) is 0 Å². The van der Waals surface area contributed by atoms with E-state index in [1.165, 1.54) is 13.2 Å². The van der Waals surface area contributed by atoms with Gasteiger partial charge in [0.2, 0.25) is 0 Å². The number of unbranched alkanes of at least 4 members (excludes halogenated alkanes) is 3. The molecule has 3 aromatic rings. The summed E-state index contributed by atoms with van der Waals surface area (Å²) in [5, 5.41) is 10.4. The molecule has 0 saturated carbocycles. The van der Waals surface area contributed by atoms with Crippen LogP contribution in [-0.2, 0) is 9.53 Å². The van der Waals surface area contributed by atoms with Crippen LogP contribution in [0, 0.1) is 0 Å². The van der Waals surface area contributed by atoms with Crippen LogP contribution in [0.5, 0.6) is 11.5 Å². The van der Waals surface area contributed by atoms with Gasteiger partial charge in [0.05, 0.1) is 19.3 Å². The number of phenolic OH excluding ortho intramolecular Hbond substituents is 1. The summed E-state index contributed by atoms with van der Waals surface area (Å²) in [6.07, 6.45) is 3.96. The molecule has 0 aliphatic heterocycles. The number of esters is 1. The third-order valence-corrected chi connectivity index (χ3v) is 5.24. The molecule has 5 heteroatoms. The van der Waals surface area contributed by atoms with E-state index in [0.29, 0.717) is 24.3 Å². The number of rotatable bonds is 11. The molecule has 0 bridgehead atoms. The minimum absolute atomic E-state index is 0.0993. The van der Waals surface area contributed by atoms with Crippen LogP contribution in [0.3, 0.4) is 0 Å². The number of hydrogen-bond acceptors (Lipinski definition) is 5. The van der Waals surface area contributed by atoms with E-state index in [1.807, 2.05) is 42.5 Å². The number of hydrogen-bond donors (Lipinski definition) is 1. The fourth-order valence-corrected chi connectivity index (χ4v) is 3.41. The fraction of sp³-hybridized carbons (Fsp3) is 0.259. The van der Waals surface area contributed by atoms with Gasteiger partial charge in [-0.3, -0.25) is 9.59 Å². The zero-order valence-electron chi connectivity index (χ0n) is 18.3. The first-order chi connectivity index (χ1) is 15.6. The van der Waals surface area contributed by atoms with Crippen LogP contribution in [0.1, 0.15) is 48.0 Å². The SMILES string of the molecule is COC(=O)CCCCCCOc1ccc(C(=O)c2ccc(-c3ccccc3)cc2)c(O)c1. The Morgan fingerprint density at radius 3 is 2.19 bits per heavy atom. The number of phenols is 1. The first-order valence-corrected chi connectivity index (χ1v) is 10.8. The van der Waals surface area contributed by atoms with Crippen LogP contribution in [0.2, 0.25) is 0 Å². The maximum Gasteiger partial charge on any atom is 0.305 e. The van der Waals surface area contributed by atoms with Gasteiger partial charge in [0.15, 0.2) is 5.78 Å². The molecule has 32 heavy (non-hydrogen) atoms. The van der Waals surface area contributed by atoms with Gasteiger partial charge in [0.1, 0.15) is 11.5 Å². The van der Waals surface area contributed by atoms with Crippen LogP contribution in [0.25, 0.3) is 11.1 Å². The molecule has 0 spiro atoms. The van der Waals surface area contributed by atoms with Crippen molar-refractivity contribution in [1.82, 2.24) is 0 Å². The number of carbonyl (C=O) groups is 2. The number of ether oxygens (including phenoxy) is 2. The topological polar surface area (TPSA) is 72.8 Å². The molecule has 0 heterocycles. The lowest BCUT2D eigenvalue weighted by Crippen LogP contribution is -2.03. The van der Waals surface area contributed by atoms with E-state index >= 15 is 0 Å². The normalized spacial score (nSPS) is 10.5. The monoisotopic (exact) mass is 432 g/mol. The van der Waals surface area contributed by atoms with Gasteiger partial charge in [-0.25, -0.2) is 0 Å². The Balaban J connectivity index is 1.51. The molecule has 0 aliphatic rings. The maximum absolute atomic E-state index is 12.8. The Hall–Kier alpha value is -3.60. The molecule has 0 amide bonds. The summed E-state index contributed by atoms with van der Waals surface area (Å²) in [5.74, 6) is 0.00326. The van der Waals surface area contributed by atoms with E-state index in [2.05, 4.69) is 4.74 Å². The second-order valence-electron chi connectivity index (χ2n) is 7.54. The van der Waals surface area contributed by atoms with E-state index < -0.39 is 0 Å². The molecule has 3 aromatic carbocycles. The standard InChI is InChI=1S/C27H28O5/c1-31-26(29)11-7-2-3-8-18-32-23-16-17-24(25(28)19-23)27(30)22-14-12-21(13-15-22)20-9-5-4-6-10-20/h4-6,9-10,12-17,19,28H,2-3,7-8,11,18H2,1H3. The second-order valence-corrected chi connectivity index (χ2v) is 7.54. The van der Waals surface area contributed by atoms with Crippen molar-refractivity contribution >= 4 is 11.8 Å². The molecule has 0 radical (unpaired) electrons. The summed E-state index contributed by atoms with van der Waals surface area (Å²) in [7, 11) is 1.39. The lowest BCUT2D eigenvalue weighted by molar-refractivity contribution is -0.140. The van der Waals surface area contributed by atoms with Crippen LogP contribution >= 0.6 is 0 Å². The van der Waals surface area contributed by atoms with Crippen LogP contribution in [0.4, 0.5) is 0 Å². The first-order valence-electron chi connectivity index (χ1n) is 10.8. The molecule has 0 aliphatic carbocycles. The number of methoxy groups -OCH3 is 1. The minimum atomic E-state index is -0.237. The van der Waals surface area contributed by atoms with Gasteiger partial charge in [-0.05, 0) is 36.1 Å². The third kappa shape index (κ3) is 6.45. The summed E-state index contributed by atoms with van der Waals surface area (Å²) in [6.45, 7) is 0.506. The molecule has 0 unspecified atom stereocenters. The van der Waals surface area contributed by atoms with Crippen molar-refractivity contribution in [3.05, 3.63) is 83.9 Å². The quantitative estimate of drug-likeness (QED) is 0.236. The van der Waals surface area contributed by atoms with E-state index in [0.717, 1.165) is 36.8 Å². The Bertz CT molecular complexity index is 1030. The Morgan fingerprint density at radius 1 is 0.812 bits per heavy atom. The van der Waals surface area contributed by atoms with Crippen LogP contribution in [-0.4, -0.2) is 30.6 Å². The zero-order valence-corrected chi connectivity index (χ0v) is 18.3. The average Bonchev–Trinajstić information content (AvgIpc) is 2.83. The van der Waals surface area contributed by atoms with Crippen molar-refractivity contribution in [2.45, 2.75) is 32.1 Å². The van der Waals surface area contributed by atoms with Crippen molar-refractivity contribution in [3.8, 4) is 22.6 Å². The zero-order chi connectivity index (χ0) is 22.8. The summed E-state index contributed by atoms with van der Waals surface area (Å²) < 4.78 is 10.3. The number of aromatic hydroxyl groups is 1. The van der Waals surface area contributed by atoms with Gasteiger partial charge >= 0.3 is 5.97 Å². The van der Waals surface area contributed by atoms with Crippen LogP contribution in [0.15, 0.2) is 72.8 Å². The highest BCUT2D eigenvalue weighted by atomic mass is 16.5. The maximum atomic E-state index is 12.8. The average molecular weight is 433 g/mol. The molecule has 166 valence electrons. The number of benzene rings is 3. The minimum Gasteiger partial charge on any atom is -0.507 e. The van der Waals surface area contributed by atoms with Crippen molar-refractivity contribution in [2.75, 3.05) is 13.7 Å². The lowest BCUT2D eigenvalue weighted by Gasteiger charge is -2.09. The van der Waals surface area contributed by atoms with E-state index in [1.54, 1.807) is 24.3 Å². The molecule has 3 rings (SSSR count). The van der Waals surface area contributed by atoms with E-state index in [4.69, 9.17) is 4.74 Å². The molecule has 0 aromatic heterocycles. The van der Waals surface area contributed by atoms with Gasteiger partial charge in [0, 0.05) is 18.1 Å². The fourth-order valence-electron chi connectivity index (χ4n) is 3.41. The summed E-state index contributed by atoms with van der Waals surface area (Å²) in [6, 6.07) is 22.1. The van der Waals surface area contributed by atoms with Crippen molar-refractivity contribution < 1.29 is 24.2 Å².